The van der Waals surface area contributed by atoms with E-state index in [0.717, 1.165) is 39.8 Å². The van der Waals surface area contributed by atoms with E-state index in [0.29, 0.717) is 0 Å². The third kappa shape index (κ3) is 3.65. The molecule has 4 rings (SSSR count). The van der Waals surface area contributed by atoms with Gasteiger partial charge in [0.2, 0.25) is 0 Å². The summed E-state index contributed by atoms with van der Waals surface area (Å²) in [7, 11) is 1.64. The number of nitrogens with zero attached hydrogens (tertiary/aromatic N) is 2. The molecule has 0 aliphatic carbocycles. The first-order valence-corrected chi connectivity index (χ1v) is 9.76. The lowest BCUT2D eigenvalue weighted by atomic mass is 9.99. The summed E-state index contributed by atoms with van der Waals surface area (Å²) in [5.74, 6) is 1.81. The van der Waals surface area contributed by atoms with Gasteiger partial charge in [-0.05, 0) is 62.7 Å². The highest BCUT2D eigenvalue weighted by Crippen LogP contribution is 2.41. The van der Waals surface area contributed by atoms with Crippen molar-refractivity contribution in [2.24, 2.45) is 16.5 Å². The first kappa shape index (κ1) is 20.0. The molecule has 2 aromatic carbocycles. The van der Waals surface area contributed by atoms with Crippen molar-refractivity contribution in [1.82, 2.24) is 9.88 Å². The Morgan fingerprint density at radius 1 is 0.933 bits per heavy atom. The van der Waals surface area contributed by atoms with Crippen LogP contribution < -0.4 is 26.3 Å². The van der Waals surface area contributed by atoms with Crippen LogP contribution in [0, 0.1) is 0 Å². The van der Waals surface area contributed by atoms with Gasteiger partial charge in [0.15, 0.2) is 5.79 Å². The highest BCUT2D eigenvalue weighted by atomic mass is 16.5. The van der Waals surface area contributed by atoms with Gasteiger partial charge in [0, 0.05) is 17.3 Å². The second kappa shape index (κ2) is 7.19. The number of nitrogens with one attached hydrogen (secondary N) is 1. The molecule has 0 amide bonds. The number of ether oxygens (including phenoxy) is 2. The van der Waals surface area contributed by atoms with E-state index in [2.05, 4.69) is 41.8 Å². The number of benzene rings is 2. The molecule has 0 radical (unpaired) electrons. The molecule has 30 heavy (non-hydrogen) atoms. The Kier molecular flexibility index (Phi) is 4.80. The zero-order valence-electron chi connectivity index (χ0n) is 17.6. The van der Waals surface area contributed by atoms with Gasteiger partial charge in [0.1, 0.15) is 23.1 Å². The molecular weight excluding hydrogens is 378 g/mol. The topological polar surface area (TPSA) is 99.8 Å². The smallest absolute Gasteiger partial charge is 0.170 e. The first-order valence-electron chi connectivity index (χ1n) is 9.76. The van der Waals surface area contributed by atoms with Gasteiger partial charge in [-0.1, -0.05) is 12.1 Å². The van der Waals surface area contributed by atoms with E-state index < -0.39 is 5.79 Å². The molecule has 0 atom stereocenters. The fourth-order valence-corrected chi connectivity index (χ4v) is 3.52. The van der Waals surface area contributed by atoms with Gasteiger partial charge >= 0.3 is 0 Å². The van der Waals surface area contributed by atoms with Gasteiger partial charge in [-0.25, -0.2) is 4.99 Å². The molecule has 0 bridgehead atoms. The van der Waals surface area contributed by atoms with Crippen LogP contribution in [0.15, 0.2) is 59.7 Å². The maximum atomic E-state index is 6.37. The minimum atomic E-state index is -1.21. The molecule has 0 unspecified atom stereocenters. The number of rotatable bonds is 4. The maximum absolute atomic E-state index is 6.37. The lowest BCUT2D eigenvalue weighted by Gasteiger charge is -2.31. The monoisotopic (exact) mass is 405 g/mol. The summed E-state index contributed by atoms with van der Waals surface area (Å²) in [6, 6.07) is 15.3. The average Bonchev–Trinajstić information content (AvgIpc) is 3.11. The Hall–Kier alpha value is -3.29. The lowest BCUT2D eigenvalue weighted by Crippen LogP contribution is -2.58. The minimum Gasteiger partial charge on any atom is -0.497 e. The number of methoxy groups -OCH3 is 1. The van der Waals surface area contributed by atoms with Gasteiger partial charge in [-0.2, -0.15) is 0 Å². The molecule has 0 fully saturated rings. The summed E-state index contributed by atoms with van der Waals surface area (Å²) < 4.78 is 13.2. The highest BCUT2D eigenvalue weighted by molar-refractivity contribution is 5.79. The quantitative estimate of drug-likeness (QED) is 0.570. The molecular formula is C23H27N5O2. The molecule has 3 aromatic rings. The van der Waals surface area contributed by atoms with E-state index in [1.807, 2.05) is 48.5 Å². The van der Waals surface area contributed by atoms with Crippen molar-refractivity contribution in [2.45, 2.75) is 32.1 Å². The van der Waals surface area contributed by atoms with Crippen molar-refractivity contribution in [3.8, 4) is 28.4 Å². The van der Waals surface area contributed by atoms with Gasteiger partial charge in [0.25, 0.3) is 0 Å². The molecule has 0 saturated heterocycles. The zero-order valence-corrected chi connectivity index (χ0v) is 17.6. The molecule has 1 aliphatic rings. The van der Waals surface area contributed by atoms with Crippen LogP contribution in [0.5, 0.6) is 17.2 Å². The molecule has 5 N–H and O–H groups in total. The van der Waals surface area contributed by atoms with Crippen molar-refractivity contribution in [3.63, 3.8) is 0 Å². The van der Waals surface area contributed by atoms with E-state index in [1.165, 1.54) is 0 Å². The van der Waals surface area contributed by atoms with Gasteiger partial charge in [0.05, 0.1) is 19.0 Å². The van der Waals surface area contributed by atoms with E-state index in [4.69, 9.17) is 20.9 Å². The third-order valence-electron chi connectivity index (χ3n) is 5.07. The minimum absolute atomic E-state index is 0.176. The molecule has 1 aromatic heterocycles. The third-order valence-corrected chi connectivity index (χ3v) is 5.07. The van der Waals surface area contributed by atoms with Crippen molar-refractivity contribution in [3.05, 3.63) is 60.3 Å². The Bertz CT molecular complexity index is 1070. The van der Waals surface area contributed by atoms with Gasteiger partial charge in [-0.3, -0.25) is 11.5 Å². The fourth-order valence-electron chi connectivity index (χ4n) is 3.52. The van der Waals surface area contributed by atoms with Crippen LogP contribution in [0.4, 0.5) is 5.82 Å². The predicted octanol–water partition coefficient (Wildman–Crippen LogP) is 4.00. The Morgan fingerprint density at radius 2 is 1.50 bits per heavy atom. The van der Waals surface area contributed by atoms with Crippen molar-refractivity contribution >= 4 is 12.2 Å². The van der Waals surface area contributed by atoms with Gasteiger partial charge in [-0.15, -0.1) is 0 Å². The number of hydrogen-bond acceptors (Lipinski definition) is 6. The zero-order chi connectivity index (χ0) is 21.5. The molecule has 2 heterocycles. The van der Waals surface area contributed by atoms with Crippen LogP contribution in [0.1, 0.15) is 26.3 Å². The lowest BCUT2D eigenvalue weighted by molar-refractivity contribution is 0.390. The second-order valence-corrected chi connectivity index (χ2v) is 8.36. The average molecular weight is 406 g/mol. The summed E-state index contributed by atoms with van der Waals surface area (Å²) >= 11 is 0. The van der Waals surface area contributed by atoms with E-state index >= 15 is 0 Å². The van der Waals surface area contributed by atoms with Crippen LogP contribution in [0.3, 0.4) is 0 Å². The predicted molar refractivity (Wildman–Crippen MR) is 119 cm³/mol. The SMILES string of the molecule is COc1ccc(Oc2ccc(-c3cn(C(C)(C)C)c4c3C(N)(N)NC=N4)cc2)cc1. The highest BCUT2D eigenvalue weighted by Gasteiger charge is 2.35. The van der Waals surface area contributed by atoms with E-state index in [1.54, 1.807) is 13.4 Å². The number of aromatic nitrogens is 1. The summed E-state index contributed by atoms with van der Waals surface area (Å²) in [6.45, 7) is 6.36. The molecule has 156 valence electrons. The van der Waals surface area contributed by atoms with Crippen molar-refractivity contribution < 1.29 is 9.47 Å². The molecule has 7 nitrogen and oxygen atoms in total. The molecule has 1 aliphatic heterocycles. The summed E-state index contributed by atoms with van der Waals surface area (Å²) in [6.07, 6.45) is 3.61. The van der Waals surface area contributed by atoms with Crippen LogP contribution >= 0.6 is 0 Å². The molecule has 0 saturated carbocycles. The summed E-state index contributed by atoms with van der Waals surface area (Å²) in [5, 5.41) is 2.96. The Balaban J connectivity index is 1.69. The number of hydrogen-bond donors (Lipinski definition) is 3. The van der Waals surface area contributed by atoms with Crippen LogP contribution in [0.25, 0.3) is 11.1 Å². The van der Waals surface area contributed by atoms with Crippen molar-refractivity contribution in [2.75, 3.05) is 7.11 Å². The Morgan fingerprint density at radius 3 is 2.07 bits per heavy atom. The van der Waals surface area contributed by atoms with E-state index in [9.17, 15) is 0 Å². The van der Waals surface area contributed by atoms with Crippen LogP contribution in [-0.2, 0) is 11.3 Å². The largest absolute Gasteiger partial charge is 0.497 e. The van der Waals surface area contributed by atoms with Gasteiger partial charge < -0.3 is 19.4 Å². The normalized spacial score (nSPS) is 14.7. The summed E-state index contributed by atoms with van der Waals surface area (Å²) in [4.78, 5) is 4.52. The first-order chi connectivity index (χ1) is 14.2. The molecule has 0 spiro atoms. The van der Waals surface area contributed by atoms with Crippen molar-refractivity contribution in [1.29, 1.82) is 0 Å². The number of nitrogens with two attached hydrogens (primary N) is 2. The van der Waals surface area contributed by atoms with Crippen LogP contribution in [0.2, 0.25) is 0 Å². The van der Waals surface area contributed by atoms with Crippen LogP contribution in [-0.4, -0.2) is 18.0 Å². The Labute approximate surface area is 176 Å². The fraction of sp³-hybridized carbons (Fsp3) is 0.261. The van der Waals surface area contributed by atoms with E-state index in [-0.39, 0.29) is 5.54 Å². The second-order valence-electron chi connectivity index (χ2n) is 8.36. The summed E-state index contributed by atoms with van der Waals surface area (Å²) in [5.41, 5.74) is 15.2. The maximum Gasteiger partial charge on any atom is 0.170 e. The standard InChI is InChI=1S/C23H27N5O2/c1-22(2,3)28-13-19(20-21(28)26-14-27-23(20,24)25)15-5-7-17(8-6-15)30-18-11-9-16(29-4)10-12-18/h5-14H,24-25H2,1-4H3,(H,26,27). The molecule has 7 heteroatoms. The number of aliphatic imine (C=N–C) groups is 1. The number of fused-ring (bicyclic) bond motifs is 1.